The number of anilines is 1. The molecule has 1 N–H and O–H groups in total. The van der Waals surface area contributed by atoms with Crippen LogP contribution in [0.4, 0.5) is 10.5 Å². The van der Waals surface area contributed by atoms with Crippen LogP contribution in [0.15, 0.2) is 91.3 Å². The lowest BCUT2D eigenvalue weighted by atomic mass is 9.96. The summed E-state index contributed by atoms with van der Waals surface area (Å²) >= 11 is 0. The molecule has 12 nitrogen and oxygen atoms in total. The summed E-state index contributed by atoms with van der Waals surface area (Å²) in [5.74, 6) is -1.41. The second kappa shape index (κ2) is 15.7. The van der Waals surface area contributed by atoms with Gasteiger partial charge in [0.05, 0.1) is 30.6 Å². The third-order valence-electron chi connectivity index (χ3n) is 7.92. The van der Waals surface area contributed by atoms with E-state index in [1.165, 1.54) is 36.7 Å². The molecule has 1 aliphatic heterocycles. The Balaban J connectivity index is 1.14. The molecule has 0 saturated carbocycles. The summed E-state index contributed by atoms with van der Waals surface area (Å²) in [6.45, 7) is 7.08. The first-order valence-electron chi connectivity index (χ1n) is 16.0. The van der Waals surface area contributed by atoms with Crippen LogP contribution in [0.1, 0.15) is 48.3 Å². The fourth-order valence-corrected chi connectivity index (χ4v) is 5.61. The van der Waals surface area contributed by atoms with Crippen LogP contribution in [0.5, 0.6) is 0 Å². The molecule has 1 saturated heterocycles. The highest BCUT2D eigenvalue weighted by Gasteiger charge is 2.28. The van der Waals surface area contributed by atoms with Crippen molar-refractivity contribution in [3.05, 3.63) is 108 Å². The normalized spacial score (nSPS) is 13.6. The predicted octanol–water partition coefficient (Wildman–Crippen LogP) is 5.01. The van der Waals surface area contributed by atoms with Gasteiger partial charge >= 0.3 is 12.1 Å². The van der Waals surface area contributed by atoms with Crippen LogP contribution in [0.3, 0.4) is 0 Å². The van der Waals surface area contributed by atoms with E-state index < -0.39 is 23.6 Å². The van der Waals surface area contributed by atoms with E-state index in [1.807, 2.05) is 36.4 Å². The number of hydrogen-bond donors (Lipinski definition) is 1. The lowest BCUT2D eigenvalue weighted by Gasteiger charge is -2.39. The maximum absolute atomic E-state index is 13.0. The number of carbonyl (C=O) groups excluding carboxylic acids is 4. The Morgan fingerprint density at radius 1 is 0.837 bits per heavy atom. The first kappa shape index (κ1) is 35.0. The number of piperazine rings is 1. The molecule has 0 atom stereocenters. The molecule has 12 heteroatoms. The quantitative estimate of drug-likeness (QED) is 0.232. The Hall–Kier alpha value is -5.33. The highest BCUT2D eigenvalue weighted by Crippen LogP contribution is 2.30. The van der Waals surface area contributed by atoms with Crippen LogP contribution in [-0.4, -0.2) is 95.6 Å². The summed E-state index contributed by atoms with van der Waals surface area (Å²) in [6, 6.07) is 25.5. The van der Waals surface area contributed by atoms with Gasteiger partial charge in [0.1, 0.15) is 18.8 Å². The monoisotopic (exact) mass is 667 g/mol. The van der Waals surface area contributed by atoms with Crippen molar-refractivity contribution >= 4 is 29.6 Å². The molecule has 0 unspecified atom stereocenters. The second-order valence-electron chi connectivity index (χ2n) is 12.6. The van der Waals surface area contributed by atoms with Crippen molar-refractivity contribution in [2.45, 2.75) is 32.4 Å². The maximum Gasteiger partial charge on any atom is 0.435 e. The molecule has 4 aromatic rings. The molecule has 0 bridgehead atoms. The number of hydrogen-bond acceptors (Lipinski definition) is 9. The topological polar surface area (TPSA) is 132 Å². The predicted molar refractivity (Wildman–Crippen MR) is 183 cm³/mol. The lowest BCUT2D eigenvalue weighted by molar-refractivity contribution is -0.139. The Morgan fingerprint density at radius 3 is 2.06 bits per heavy atom. The van der Waals surface area contributed by atoms with Crippen LogP contribution in [0.2, 0.25) is 0 Å². The minimum atomic E-state index is -0.691. The smallest absolute Gasteiger partial charge is 0.435 e. The number of amides is 2. The van der Waals surface area contributed by atoms with Crippen molar-refractivity contribution in [3.8, 4) is 11.1 Å². The molecule has 3 aromatic carbocycles. The summed E-state index contributed by atoms with van der Waals surface area (Å²) in [7, 11) is 1.24. The van der Waals surface area contributed by atoms with Gasteiger partial charge in [-0.05, 0) is 49.6 Å². The number of ether oxygens (including phenoxy) is 3. The van der Waals surface area contributed by atoms with Crippen LogP contribution < -0.4 is 5.32 Å². The number of nitrogens with one attached hydrogen (secondary N) is 1. The molecule has 5 rings (SSSR count). The zero-order valence-electron chi connectivity index (χ0n) is 28.1. The van der Waals surface area contributed by atoms with Crippen molar-refractivity contribution in [2.75, 3.05) is 51.8 Å². The molecule has 1 aliphatic rings. The summed E-state index contributed by atoms with van der Waals surface area (Å²) in [5, 5.41) is 6.73. The molecule has 1 aromatic heterocycles. The molecular formula is C37H41N5O7. The highest BCUT2D eigenvalue weighted by atomic mass is 16.6. The van der Waals surface area contributed by atoms with Gasteiger partial charge in [0.2, 0.25) is 11.8 Å². The second-order valence-corrected chi connectivity index (χ2v) is 12.6. The molecule has 0 spiro atoms. The van der Waals surface area contributed by atoms with Crippen molar-refractivity contribution in [2.24, 2.45) is 0 Å². The van der Waals surface area contributed by atoms with Gasteiger partial charge in [-0.15, -0.1) is 0 Å². The summed E-state index contributed by atoms with van der Waals surface area (Å²) in [4.78, 5) is 54.9. The van der Waals surface area contributed by atoms with Crippen molar-refractivity contribution in [1.82, 2.24) is 19.6 Å². The molecule has 2 heterocycles. The number of carbonyl (C=O) groups is 4. The molecule has 0 radical (unpaired) electrons. The molecular weight excluding hydrogens is 626 g/mol. The van der Waals surface area contributed by atoms with Gasteiger partial charge < -0.3 is 24.4 Å². The Kier molecular flexibility index (Phi) is 11.2. The lowest BCUT2D eigenvalue weighted by Crippen LogP contribution is -2.50. The summed E-state index contributed by atoms with van der Waals surface area (Å²) < 4.78 is 16.8. The molecule has 1 fully saturated rings. The Bertz CT molecular complexity index is 1720. The van der Waals surface area contributed by atoms with Gasteiger partial charge in [0, 0.05) is 37.9 Å². The van der Waals surface area contributed by atoms with Gasteiger partial charge in [0.25, 0.3) is 0 Å². The number of esters is 1. The van der Waals surface area contributed by atoms with Crippen molar-refractivity contribution in [1.29, 1.82) is 0 Å². The fraction of sp³-hybridized carbons (Fsp3) is 0.324. The number of benzene rings is 3. The van der Waals surface area contributed by atoms with Gasteiger partial charge in [-0.25, -0.2) is 9.59 Å². The zero-order chi connectivity index (χ0) is 35.0. The van der Waals surface area contributed by atoms with Gasteiger partial charge in [-0.3, -0.25) is 14.5 Å². The van der Waals surface area contributed by atoms with Crippen molar-refractivity contribution < 1.29 is 33.4 Å². The SMILES string of the molecule is COC(=O)c1cc(-c2cnn(C(=O)OC(C)(C)C)c2)ccc1NC(=O)COCC(=O)N1CCN(C(c2ccccc2)c2ccccc2)CC1. The molecule has 49 heavy (non-hydrogen) atoms. The number of methoxy groups -OCH3 is 1. The van der Waals surface area contributed by atoms with Gasteiger partial charge in [-0.1, -0.05) is 66.7 Å². The minimum absolute atomic E-state index is 0.0819. The molecule has 0 aliphatic carbocycles. The van der Waals surface area contributed by atoms with Crippen LogP contribution in [-0.2, 0) is 23.8 Å². The van der Waals surface area contributed by atoms with Crippen molar-refractivity contribution in [3.63, 3.8) is 0 Å². The number of rotatable bonds is 10. The fourth-order valence-electron chi connectivity index (χ4n) is 5.61. The third kappa shape index (κ3) is 9.18. The van der Waals surface area contributed by atoms with E-state index in [0.29, 0.717) is 37.3 Å². The van der Waals surface area contributed by atoms with E-state index in [0.717, 1.165) is 4.68 Å². The maximum atomic E-state index is 13.0. The van der Waals surface area contributed by atoms with Crippen LogP contribution >= 0.6 is 0 Å². The number of nitrogens with zero attached hydrogens (tertiary/aromatic N) is 4. The van der Waals surface area contributed by atoms with Crippen LogP contribution in [0.25, 0.3) is 11.1 Å². The number of aromatic nitrogens is 2. The highest BCUT2D eigenvalue weighted by molar-refractivity contribution is 6.02. The van der Waals surface area contributed by atoms with Crippen LogP contribution in [0, 0.1) is 0 Å². The molecule has 256 valence electrons. The standard InChI is InChI=1S/C37H41N5O7/c1-37(2,3)49-36(46)42-23-29(22-38-42)28-15-16-31(30(21-28)35(45)47-4)39-32(43)24-48-25-33(44)40-17-19-41(20-18-40)34(26-11-7-5-8-12-26)27-13-9-6-10-14-27/h5-16,21-23,34H,17-20,24-25H2,1-4H3,(H,39,43). The van der Waals surface area contributed by atoms with E-state index in [2.05, 4.69) is 39.6 Å². The van der Waals surface area contributed by atoms with E-state index in [9.17, 15) is 19.2 Å². The van der Waals surface area contributed by atoms with E-state index in [1.54, 1.807) is 37.8 Å². The minimum Gasteiger partial charge on any atom is -0.465 e. The van der Waals surface area contributed by atoms with Gasteiger partial charge in [0.15, 0.2) is 0 Å². The zero-order valence-corrected chi connectivity index (χ0v) is 28.1. The first-order chi connectivity index (χ1) is 23.5. The average Bonchev–Trinajstić information content (AvgIpc) is 3.60. The molecule has 2 amide bonds. The van der Waals surface area contributed by atoms with E-state index in [4.69, 9.17) is 14.2 Å². The third-order valence-corrected chi connectivity index (χ3v) is 7.92. The van der Waals surface area contributed by atoms with Gasteiger partial charge in [-0.2, -0.15) is 9.78 Å². The average molecular weight is 668 g/mol. The largest absolute Gasteiger partial charge is 0.465 e. The first-order valence-corrected chi connectivity index (χ1v) is 16.0. The Labute approximate surface area is 285 Å². The summed E-state index contributed by atoms with van der Waals surface area (Å²) in [5.41, 5.74) is 3.11. The van der Waals surface area contributed by atoms with E-state index >= 15 is 0 Å². The Morgan fingerprint density at radius 2 is 1.47 bits per heavy atom. The van der Waals surface area contributed by atoms with E-state index in [-0.39, 0.29) is 36.4 Å². The summed E-state index contributed by atoms with van der Waals surface area (Å²) in [6.07, 6.45) is 2.31.